The number of piperidine rings is 1. The average Bonchev–Trinajstić information content (AvgIpc) is 2.50. The minimum atomic E-state index is -0.437. The lowest BCUT2D eigenvalue weighted by Crippen LogP contribution is -2.40. The van der Waals surface area contributed by atoms with Gasteiger partial charge in [-0.2, -0.15) is 0 Å². The van der Waals surface area contributed by atoms with Gasteiger partial charge in [0.05, 0.1) is 4.92 Å². The average molecular weight is 295 g/mol. The molecule has 1 unspecified atom stereocenters. The molecule has 1 saturated heterocycles. The van der Waals surface area contributed by atoms with E-state index < -0.39 is 4.92 Å². The van der Waals surface area contributed by atoms with Gasteiger partial charge in [0.1, 0.15) is 0 Å². The fraction of sp³-hybridized carbons (Fsp3) is 0.750. The molecule has 0 amide bonds. The number of hydrogen-bond acceptors (Lipinski definition) is 4. The smallest absolute Gasteiger partial charge is 0.234 e. The molecule has 120 valence electrons. The molecule has 0 aliphatic carbocycles. The van der Waals surface area contributed by atoms with Gasteiger partial charge in [-0.05, 0) is 51.3 Å². The molecule has 1 atom stereocenters. The highest BCUT2D eigenvalue weighted by atomic mass is 16.6. The van der Waals surface area contributed by atoms with Crippen molar-refractivity contribution in [2.45, 2.75) is 58.4 Å². The Morgan fingerprint density at radius 2 is 2.05 bits per heavy atom. The highest BCUT2D eigenvalue weighted by Gasteiger charge is 2.18. The lowest BCUT2D eigenvalue weighted by Gasteiger charge is -2.34. The Kier molecular flexibility index (Phi) is 8.74. The quantitative estimate of drug-likeness (QED) is 0.403. The van der Waals surface area contributed by atoms with Crippen LogP contribution in [0.15, 0.2) is 24.0 Å². The van der Waals surface area contributed by atoms with E-state index in [0.29, 0.717) is 6.04 Å². The van der Waals surface area contributed by atoms with Crippen molar-refractivity contribution in [1.82, 2.24) is 10.2 Å². The zero-order chi connectivity index (χ0) is 15.5. The van der Waals surface area contributed by atoms with Crippen molar-refractivity contribution in [2.75, 3.05) is 19.6 Å². The van der Waals surface area contributed by atoms with Crippen molar-refractivity contribution in [2.24, 2.45) is 0 Å². The van der Waals surface area contributed by atoms with E-state index in [0.717, 1.165) is 31.3 Å². The molecule has 1 aliphatic heterocycles. The molecule has 1 rings (SSSR count). The maximum atomic E-state index is 10.2. The molecule has 0 radical (unpaired) electrons. The van der Waals surface area contributed by atoms with Gasteiger partial charge in [0, 0.05) is 24.4 Å². The fourth-order valence-corrected chi connectivity index (χ4v) is 2.86. The monoisotopic (exact) mass is 295 g/mol. The van der Waals surface area contributed by atoms with Gasteiger partial charge >= 0.3 is 0 Å². The normalized spacial score (nSPS) is 18.9. The number of nitrogens with one attached hydrogen (secondary N) is 1. The summed E-state index contributed by atoms with van der Waals surface area (Å²) < 4.78 is 0. The molecule has 0 saturated carbocycles. The molecule has 1 N–H and O–H groups in total. The molecule has 0 aromatic rings. The fourth-order valence-electron chi connectivity index (χ4n) is 2.86. The van der Waals surface area contributed by atoms with Crippen LogP contribution in [-0.4, -0.2) is 35.5 Å². The Balaban J connectivity index is 2.36. The van der Waals surface area contributed by atoms with Crippen LogP contribution in [0.5, 0.6) is 0 Å². The van der Waals surface area contributed by atoms with Crippen molar-refractivity contribution < 1.29 is 4.92 Å². The van der Waals surface area contributed by atoms with Crippen LogP contribution in [0.4, 0.5) is 0 Å². The number of hydrogen-bond donors (Lipinski definition) is 1. The minimum absolute atomic E-state index is 0.437. The number of allylic oxidation sites excluding steroid dienone is 3. The summed E-state index contributed by atoms with van der Waals surface area (Å²) in [6.07, 6.45) is 11.5. The summed E-state index contributed by atoms with van der Waals surface area (Å²) in [4.78, 5) is 12.4. The molecule has 1 fully saturated rings. The van der Waals surface area contributed by atoms with Crippen LogP contribution in [0.25, 0.3) is 0 Å². The van der Waals surface area contributed by atoms with Gasteiger partial charge in [-0.25, -0.2) is 0 Å². The lowest BCUT2D eigenvalue weighted by atomic mass is 10.0. The molecule has 0 bridgehead atoms. The summed E-state index contributed by atoms with van der Waals surface area (Å²) in [5, 5.41) is 13.7. The van der Waals surface area contributed by atoms with E-state index in [1.54, 1.807) is 6.08 Å². The van der Waals surface area contributed by atoms with Crippen molar-refractivity contribution in [3.63, 3.8) is 0 Å². The summed E-state index contributed by atoms with van der Waals surface area (Å²) in [5.74, 6) is 0. The molecule has 5 heteroatoms. The SMILES string of the molecule is CC/C(=C\C=C\[N+](=O)[O-])NCCC(CC)N1CCCCC1. The van der Waals surface area contributed by atoms with Crippen LogP contribution in [0.2, 0.25) is 0 Å². The molecule has 0 spiro atoms. The Labute approximate surface area is 128 Å². The van der Waals surface area contributed by atoms with E-state index in [9.17, 15) is 10.1 Å². The molecule has 1 heterocycles. The van der Waals surface area contributed by atoms with Gasteiger partial charge in [-0.15, -0.1) is 0 Å². The first-order valence-electron chi connectivity index (χ1n) is 8.16. The van der Waals surface area contributed by atoms with Gasteiger partial charge in [-0.3, -0.25) is 10.1 Å². The summed E-state index contributed by atoms with van der Waals surface area (Å²) in [7, 11) is 0. The maximum Gasteiger partial charge on any atom is 0.234 e. The van der Waals surface area contributed by atoms with Gasteiger partial charge in [0.25, 0.3) is 0 Å². The van der Waals surface area contributed by atoms with Gasteiger partial charge in [-0.1, -0.05) is 20.3 Å². The van der Waals surface area contributed by atoms with Crippen LogP contribution in [-0.2, 0) is 0 Å². The lowest BCUT2D eigenvalue weighted by molar-refractivity contribution is -0.402. The molecule has 0 aromatic heterocycles. The van der Waals surface area contributed by atoms with Gasteiger partial charge < -0.3 is 10.2 Å². The van der Waals surface area contributed by atoms with Crippen molar-refractivity contribution in [1.29, 1.82) is 0 Å². The maximum absolute atomic E-state index is 10.2. The second-order valence-corrected chi connectivity index (χ2v) is 5.55. The van der Waals surface area contributed by atoms with Crippen LogP contribution < -0.4 is 5.32 Å². The summed E-state index contributed by atoms with van der Waals surface area (Å²) in [6, 6.07) is 0.658. The third-order valence-electron chi connectivity index (χ3n) is 4.09. The number of rotatable bonds is 9. The minimum Gasteiger partial charge on any atom is -0.388 e. The Morgan fingerprint density at radius 1 is 1.33 bits per heavy atom. The van der Waals surface area contributed by atoms with Gasteiger partial charge in [0.15, 0.2) is 0 Å². The topological polar surface area (TPSA) is 58.4 Å². The van der Waals surface area contributed by atoms with E-state index in [4.69, 9.17) is 0 Å². The molecule has 0 aromatic carbocycles. The number of nitrogens with zero attached hydrogens (tertiary/aromatic N) is 2. The predicted molar refractivity (Wildman–Crippen MR) is 86.6 cm³/mol. The Hall–Kier alpha value is -1.36. The number of nitro groups is 1. The first kappa shape index (κ1) is 17.7. The van der Waals surface area contributed by atoms with E-state index in [1.165, 1.54) is 44.8 Å². The van der Waals surface area contributed by atoms with Crippen LogP contribution >= 0.6 is 0 Å². The summed E-state index contributed by atoms with van der Waals surface area (Å²) >= 11 is 0. The summed E-state index contributed by atoms with van der Waals surface area (Å²) in [5.41, 5.74) is 1.06. The molecular formula is C16H29N3O2. The Morgan fingerprint density at radius 3 is 2.62 bits per heavy atom. The zero-order valence-corrected chi connectivity index (χ0v) is 13.4. The van der Waals surface area contributed by atoms with E-state index >= 15 is 0 Å². The molecule has 1 aliphatic rings. The van der Waals surface area contributed by atoms with Crippen molar-refractivity contribution >= 4 is 0 Å². The van der Waals surface area contributed by atoms with Crippen LogP contribution in [0.1, 0.15) is 52.4 Å². The first-order valence-corrected chi connectivity index (χ1v) is 8.16. The van der Waals surface area contributed by atoms with Gasteiger partial charge in [0.2, 0.25) is 6.20 Å². The highest BCUT2D eigenvalue weighted by molar-refractivity contribution is 5.09. The van der Waals surface area contributed by atoms with E-state index in [1.807, 2.05) is 0 Å². The third kappa shape index (κ3) is 7.27. The van der Waals surface area contributed by atoms with Crippen LogP contribution in [0.3, 0.4) is 0 Å². The number of likely N-dealkylation sites (tertiary alicyclic amines) is 1. The van der Waals surface area contributed by atoms with Crippen LogP contribution in [0, 0.1) is 10.1 Å². The standard InChI is InChI=1S/C16H29N3O2/c1-3-15(9-8-14-19(20)21)17-11-10-16(4-2)18-12-6-5-7-13-18/h8-9,14,16-17H,3-7,10-13H2,1-2H3/b14-8+,15-9+. The van der Waals surface area contributed by atoms with Crippen molar-refractivity contribution in [3.8, 4) is 0 Å². The van der Waals surface area contributed by atoms with E-state index in [2.05, 4.69) is 24.1 Å². The largest absolute Gasteiger partial charge is 0.388 e. The predicted octanol–water partition coefficient (Wildman–Crippen LogP) is 3.31. The molecular weight excluding hydrogens is 266 g/mol. The highest BCUT2D eigenvalue weighted by Crippen LogP contribution is 2.16. The third-order valence-corrected chi connectivity index (χ3v) is 4.09. The zero-order valence-electron chi connectivity index (χ0n) is 13.4. The summed E-state index contributed by atoms with van der Waals surface area (Å²) in [6.45, 7) is 7.72. The Bertz CT molecular complexity index is 361. The molecule has 5 nitrogen and oxygen atoms in total. The molecule has 21 heavy (non-hydrogen) atoms. The second kappa shape index (κ2) is 10.4. The first-order chi connectivity index (χ1) is 10.2. The van der Waals surface area contributed by atoms with E-state index in [-0.39, 0.29) is 0 Å². The second-order valence-electron chi connectivity index (χ2n) is 5.55. The van der Waals surface area contributed by atoms with Crippen molar-refractivity contribution in [3.05, 3.63) is 34.2 Å².